The van der Waals surface area contributed by atoms with E-state index in [-0.39, 0.29) is 11.7 Å². The highest BCUT2D eigenvalue weighted by molar-refractivity contribution is 5.63. The minimum absolute atomic E-state index is 0.0878. The van der Waals surface area contributed by atoms with Crippen LogP contribution in [0.4, 0.5) is 20.2 Å². The Bertz CT molecular complexity index is 1320. The molecular weight excluding hydrogens is 490 g/mol. The van der Waals surface area contributed by atoms with Crippen molar-refractivity contribution in [2.45, 2.75) is 51.2 Å². The third-order valence-electron chi connectivity index (χ3n) is 8.06. The number of nitrogens with one attached hydrogen (secondary N) is 1. The molecule has 0 bridgehead atoms. The summed E-state index contributed by atoms with van der Waals surface area (Å²) in [6.07, 6.45) is 9.28. The predicted octanol–water partition coefficient (Wildman–Crippen LogP) is 3.24. The fourth-order valence-corrected chi connectivity index (χ4v) is 5.36. The molecule has 11 heteroatoms. The van der Waals surface area contributed by atoms with E-state index in [4.69, 9.17) is 0 Å². The minimum atomic E-state index is -2.30. The number of pyridine rings is 2. The SMILES string of the molecule is CC(n1cc(-c2cncc(N3CC(C(F)F)C3)c2)nn1)n1ccc(N2CCC[C@@H](NCC3CC3)C2)cc1=O. The number of hydrogen-bond acceptors (Lipinski definition) is 7. The van der Waals surface area contributed by atoms with Crippen molar-refractivity contribution in [2.24, 2.45) is 11.8 Å². The number of nitrogens with zero attached hydrogens (tertiary/aromatic N) is 7. The van der Waals surface area contributed by atoms with Crippen LogP contribution in [-0.2, 0) is 0 Å². The van der Waals surface area contributed by atoms with Crippen molar-refractivity contribution >= 4 is 11.4 Å². The van der Waals surface area contributed by atoms with Crippen LogP contribution in [0.25, 0.3) is 11.3 Å². The first-order chi connectivity index (χ1) is 18.4. The zero-order valence-electron chi connectivity index (χ0n) is 21.6. The van der Waals surface area contributed by atoms with Crippen molar-refractivity contribution in [2.75, 3.05) is 42.5 Å². The normalized spacial score (nSPS) is 21.1. The van der Waals surface area contributed by atoms with E-state index in [9.17, 15) is 13.6 Å². The maximum absolute atomic E-state index is 13.1. The Balaban J connectivity index is 1.12. The number of piperidine rings is 1. The van der Waals surface area contributed by atoms with Crippen LogP contribution < -0.4 is 20.7 Å². The van der Waals surface area contributed by atoms with Crippen molar-refractivity contribution in [3.8, 4) is 11.3 Å². The summed E-state index contributed by atoms with van der Waals surface area (Å²) < 4.78 is 29.0. The fourth-order valence-electron chi connectivity index (χ4n) is 5.36. The van der Waals surface area contributed by atoms with E-state index in [2.05, 4.69) is 25.5 Å². The van der Waals surface area contributed by atoms with Crippen LogP contribution in [0, 0.1) is 11.8 Å². The lowest BCUT2D eigenvalue weighted by molar-refractivity contribution is 0.0614. The van der Waals surface area contributed by atoms with E-state index in [1.807, 2.05) is 30.2 Å². The van der Waals surface area contributed by atoms with Crippen LogP contribution in [0.2, 0.25) is 0 Å². The molecule has 6 rings (SSSR count). The smallest absolute Gasteiger partial charge is 0.254 e. The average Bonchev–Trinajstić information content (AvgIpc) is 3.59. The number of alkyl halides is 2. The van der Waals surface area contributed by atoms with Crippen molar-refractivity contribution < 1.29 is 8.78 Å². The molecule has 0 amide bonds. The van der Waals surface area contributed by atoms with Crippen LogP contribution in [0.15, 0.2) is 47.8 Å². The maximum atomic E-state index is 13.1. The van der Waals surface area contributed by atoms with Gasteiger partial charge in [0.25, 0.3) is 5.56 Å². The Kier molecular flexibility index (Phi) is 6.86. The molecule has 5 heterocycles. The molecule has 3 aliphatic rings. The topological polar surface area (TPSA) is 84.1 Å². The maximum Gasteiger partial charge on any atom is 0.254 e. The molecule has 1 N–H and O–H groups in total. The van der Waals surface area contributed by atoms with Gasteiger partial charge in [0, 0.05) is 61.9 Å². The van der Waals surface area contributed by atoms with Crippen LogP contribution >= 0.6 is 0 Å². The van der Waals surface area contributed by atoms with E-state index >= 15 is 0 Å². The molecule has 1 aliphatic carbocycles. The van der Waals surface area contributed by atoms with Gasteiger partial charge in [-0.05, 0) is 57.2 Å². The van der Waals surface area contributed by atoms with Crippen LogP contribution in [-0.4, -0.2) is 69.7 Å². The predicted molar refractivity (Wildman–Crippen MR) is 142 cm³/mol. The first-order valence-electron chi connectivity index (χ1n) is 13.6. The summed E-state index contributed by atoms with van der Waals surface area (Å²) in [5.74, 6) is 0.264. The lowest BCUT2D eigenvalue weighted by Gasteiger charge is -2.40. The second-order valence-corrected chi connectivity index (χ2v) is 10.9. The van der Waals surface area contributed by atoms with E-state index < -0.39 is 12.3 Å². The van der Waals surface area contributed by atoms with Crippen LogP contribution in [0.3, 0.4) is 0 Å². The summed E-state index contributed by atoms with van der Waals surface area (Å²) in [5.41, 5.74) is 3.02. The monoisotopic (exact) mass is 524 g/mol. The molecule has 0 radical (unpaired) electrons. The van der Waals surface area contributed by atoms with Crippen LogP contribution in [0.5, 0.6) is 0 Å². The van der Waals surface area contributed by atoms with Gasteiger partial charge in [0.15, 0.2) is 0 Å². The first kappa shape index (κ1) is 25.0. The number of aromatic nitrogens is 5. The molecule has 3 aromatic heterocycles. The van der Waals surface area contributed by atoms with Gasteiger partial charge in [0.2, 0.25) is 6.43 Å². The van der Waals surface area contributed by atoms with Crippen molar-refractivity contribution in [3.63, 3.8) is 0 Å². The molecule has 3 aromatic rings. The Morgan fingerprint density at radius 2 is 1.92 bits per heavy atom. The van der Waals surface area contributed by atoms with Gasteiger partial charge in [0.05, 0.1) is 24.0 Å². The summed E-state index contributed by atoms with van der Waals surface area (Å²) in [7, 11) is 0. The highest BCUT2D eigenvalue weighted by Gasteiger charge is 2.34. The van der Waals surface area contributed by atoms with Gasteiger partial charge in [-0.2, -0.15) is 0 Å². The second kappa shape index (κ2) is 10.4. The van der Waals surface area contributed by atoms with E-state index in [0.29, 0.717) is 24.8 Å². The molecule has 0 spiro atoms. The molecule has 1 saturated carbocycles. The highest BCUT2D eigenvalue weighted by Crippen LogP contribution is 2.31. The lowest BCUT2D eigenvalue weighted by Crippen LogP contribution is -2.50. The highest BCUT2D eigenvalue weighted by atomic mass is 19.3. The molecule has 202 valence electrons. The number of anilines is 2. The molecular formula is C27H34F2N8O. The summed E-state index contributed by atoms with van der Waals surface area (Å²) in [6, 6.07) is 6.08. The van der Waals surface area contributed by atoms with Gasteiger partial charge in [-0.25, -0.2) is 13.5 Å². The average molecular weight is 525 g/mol. The lowest BCUT2D eigenvalue weighted by atomic mass is 10.00. The van der Waals surface area contributed by atoms with Crippen molar-refractivity contribution in [1.82, 2.24) is 29.9 Å². The van der Waals surface area contributed by atoms with Crippen LogP contribution in [0.1, 0.15) is 38.8 Å². The molecule has 9 nitrogen and oxygen atoms in total. The quantitative estimate of drug-likeness (QED) is 0.460. The largest absolute Gasteiger partial charge is 0.370 e. The van der Waals surface area contributed by atoms with E-state index in [1.54, 1.807) is 33.9 Å². The zero-order valence-corrected chi connectivity index (χ0v) is 21.6. The van der Waals surface area contributed by atoms with Gasteiger partial charge in [-0.15, -0.1) is 5.10 Å². The Morgan fingerprint density at radius 3 is 2.68 bits per heavy atom. The Morgan fingerprint density at radius 1 is 1.08 bits per heavy atom. The number of halogens is 2. The van der Waals surface area contributed by atoms with Crippen molar-refractivity contribution in [3.05, 3.63) is 53.3 Å². The first-order valence-corrected chi connectivity index (χ1v) is 13.6. The van der Waals surface area contributed by atoms with E-state index in [0.717, 1.165) is 48.9 Å². The molecule has 3 fully saturated rings. The van der Waals surface area contributed by atoms with Gasteiger partial charge < -0.3 is 15.1 Å². The number of hydrogen-bond donors (Lipinski definition) is 1. The standard InChI is InChI=1S/C27H34F2N8O/c1-18(36-8-6-23(10-26(36)38)34-7-2-3-22(16-34)31-11-19-4-5-19)37-17-25(32-33-37)20-9-24(13-30-12-20)35-14-21(15-35)27(28)29/h6,8-10,12-13,17-19,21-22,27,31H,2-5,7,11,14-16H2,1H3/t18?,22-/m1/s1. The molecule has 38 heavy (non-hydrogen) atoms. The van der Waals surface area contributed by atoms with Gasteiger partial charge in [-0.1, -0.05) is 5.21 Å². The Labute approximate surface area is 220 Å². The summed E-state index contributed by atoms with van der Waals surface area (Å²) in [4.78, 5) is 21.6. The molecule has 1 unspecified atom stereocenters. The Hall–Kier alpha value is -3.34. The van der Waals surface area contributed by atoms with Gasteiger partial charge in [0.1, 0.15) is 11.9 Å². The van der Waals surface area contributed by atoms with Gasteiger partial charge >= 0.3 is 0 Å². The third-order valence-corrected chi connectivity index (χ3v) is 8.06. The minimum Gasteiger partial charge on any atom is -0.370 e. The van der Waals surface area contributed by atoms with E-state index in [1.165, 1.54) is 19.3 Å². The molecule has 2 aliphatic heterocycles. The molecule has 0 aromatic carbocycles. The summed E-state index contributed by atoms with van der Waals surface area (Å²) >= 11 is 0. The zero-order chi connectivity index (χ0) is 26.2. The second-order valence-electron chi connectivity index (χ2n) is 10.9. The fraction of sp³-hybridized carbons (Fsp3) is 0.556. The van der Waals surface area contributed by atoms with Gasteiger partial charge in [-0.3, -0.25) is 14.3 Å². The molecule has 2 atom stereocenters. The third kappa shape index (κ3) is 5.29. The summed E-state index contributed by atoms with van der Waals surface area (Å²) in [5, 5.41) is 12.3. The summed E-state index contributed by atoms with van der Waals surface area (Å²) in [6.45, 7) is 5.53. The number of rotatable bonds is 9. The molecule has 2 saturated heterocycles. The van der Waals surface area contributed by atoms with Crippen molar-refractivity contribution in [1.29, 1.82) is 0 Å².